The van der Waals surface area contributed by atoms with Gasteiger partial charge in [-0.25, -0.2) is 4.79 Å². The van der Waals surface area contributed by atoms with Gasteiger partial charge in [0, 0.05) is 4.47 Å². The van der Waals surface area contributed by atoms with Crippen LogP contribution in [0.4, 0.5) is 11.4 Å². The molecule has 0 amide bonds. The Morgan fingerprint density at radius 1 is 1.36 bits per heavy atom. The fraction of sp³-hybridized carbons (Fsp3) is 0.143. The molecule has 0 aromatic heterocycles. The van der Waals surface area contributed by atoms with Crippen LogP contribution in [0.25, 0.3) is 10.8 Å². The molecule has 8 heteroatoms. The molecule has 22 heavy (non-hydrogen) atoms. The lowest BCUT2D eigenvalue weighted by Crippen LogP contribution is -2.20. The number of nitro benzene ring substituents is 1. The van der Waals surface area contributed by atoms with Gasteiger partial charge in [0.05, 0.1) is 22.6 Å². The van der Waals surface area contributed by atoms with E-state index >= 15 is 0 Å². The Labute approximate surface area is 133 Å². The second-order valence-electron chi connectivity index (χ2n) is 4.36. The molecule has 0 spiro atoms. The van der Waals surface area contributed by atoms with E-state index in [1.54, 1.807) is 12.1 Å². The molecule has 2 aromatic carbocycles. The number of anilines is 1. The third-order valence-electron chi connectivity index (χ3n) is 2.98. The monoisotopic (exact) mass is 366 g/mol. The lowest BCUT2D eigenvalue weighted by molar-refractivity contribution is -0.383. The zero-order chi connectivity index (χ0) is 16.4. The Hall–Kier alpha value is -2.48. The summed E-state index contributed by atoms with van der Waals surface area (Å²) in [5.41, 5.74) is 4.67. The lowest BCUT2D eigenvalue weighted by Gasteiger charge is -2.09. The van der Waals surface area contributed by atoms with Gasteiger partial charge in [0.25, 0.3) is 11.5 Å². The lowest BCUT2D eigenvalue weighted by atomic mass is 9.99. The quantitative estimate of drug-likeness (QED) is 0.222. The highest BCUT2D eigenvalue weighted by molar-refractivity contribution is 9.10. The van der Waals surface area contributed by atoms with Crippen LogP contribution >= 0.6 is 15.9 Å². The van der Waals surface area contributed by atoms with E-state index in [-0.39, 0.29) is 17.7 Å². The summed E-state index contributed by atoms with van der Waals surface area (Å²) in [6.45, 7) is 1.51. The Kier molecular flexibility index (Phi) is 4.41. The summed E-state index contributed by atoms with van der Waals surface area (Å²) >= 11 is 3.26. The molecule has 0 fully saturated rings. The summed E-state index contributed by atoms with van der Waals surface area (Å²) in [6.07, 6.45) is 0. The zero-order valence-electron chi connectivity index (χ0n) is 11.5. The molecule has 0 saturated carbocycles. The number of hydrogen-bond donors (Lipinski definition) is 1. The number of halogens is 1. The maximum absolute atomic E-state index is 12.1. The van der Waals surface area contributed by atoms with Crippen LogP contribution in [0.5, 0.6) is 0 Å². The van der Waals surface area contributed by atoms with Gasteiger partial charge in [0.1, 0.15) is 5.56 Å². The van der Waals surface area contributed by atoms with Crippen LogP contribution in [0.1, 0.15) is 17.3 Å². The molecule has 114 valence electrons. The largest absolute Gasteiger partial charge is 0.460 e. The number of benzene rings is 2. The number of esters is 1. The van der Waals surface area contributed by atoms with Crippen molar-refractivity contribution < 1.29 is 19.2 Å². The number of carbonyl (C=O) groups excluding carboxylic acids is 2. The number of hydrogen-bond acceptors (Lipinski definition) is 6. The van der Waals surface area contributed by atoms with Crippen LogP contribution in [0, 0.1) is 10.1 Å². The van der Waals surface area contributed by atoms with E-state index < -0.39 is 27.9 Å². The molecule has 7 nitrogen and oxygen atoms in total. The number of carbonyl (C=O) groups is 2. The van der Waals surface area contributed by atoms with Crippen LogP contribution < -0.4 is 5.73 Å². The fourth-order valence-corrected chi connectivity index (χ4v) is 2.49. The number of Topliss-reactive ketones (excluding diaryl/α,β-unsaturated/α-hetero) is 1. The molecule has 2 N–H and O–H groups in total. The first-order valence-electron chi connectivity index (χ1n) is 6.24. The highest BCUT2D eigenvalue weighted by Crippen LogP contribution is 2.35. The molecule has 0 aliphatic heterocycles. The Morgan fingerprint density at radius 3 is 2.64 bits per heavy atom. The van der Waals surface area contributed by atoms with Gasteiger partial charge in [-0.1, -0.05) is 15.9 Å². The van der Waals surface area contributed by atoms with Gasteiger partial charge in [-0.15, -0.1) is 0 Å². The Bertz CT molecular complexity index is 803. The normalized spacial score (nSPS) is 10.5. The van der Waals surface area contributed by atoms with E-state index in [2.05, 4.69) is 20.7 Å². The molecule has 0 atom stereocenters. The van der Waals surface area contributed by atoms with E-state index in [0.717, 1.165) is 0 Å². The number of nitrogen functional groups attached to an aromatic ring is 1. The van der Waals surface area contributed by atoms with Crippen molar-refractivity contribution in [3.05, 3.63) is 44.4 Å². The SMILES string of the molecule is CCOC(=O)C(=O)c1c(N)cc2cc(Br)ccc2c1[N+](=O)[O-]. The second-order valence-corrected chi connectivity index (χ2v) is 5.28. The van der Waals surface area contributed by atoms with Crippen molar-refractivity contribution in [2.45, 2.75) is 6.92 Å². The zero-order valence-corrected chi connectivity index (χ0v) is 13.0. The standard InChI is InChI=1S/C14H11BrN2O5/c1-2-22-14(19)13(18)11-10(16)6-7-5-8(15)3-4-9(7)12(11)17(20)21/h3-6H,2,16H2,1H3. The summed E-state index contributed by atoms with van der Waals surface area (Å²) in [5.74, 6) is -2.30. The van der Waals surface area contributed by atoms with Gasteiger partial charge in [-0.3, -0.25) is 14.9 Å². The smallest absolute Gasteiger partial charge is 0.380 e. The van der Waals surface area contributed by atoms with E-state index in [4.69, 9.17) is 5.73 Å². The molecular formula is C14H11BrN2O5. The fourth-order valence-electron chi connectivity index (χ4n) is 2.11. The minimum atomic E-state index is -1.17. The number of fused-ring (bicyclic) bond motifs is 1. The van der Waals surface area contributed by atoms with Crippen molar-refractivity contribution in [1.82, 2.24) is 0 Å². The van der Waals surface area contributed by atoms with E-state index in [1.807, 2.05) is 0 Å². The van der Waals surface area contributed by atoms with Gasteiger partial charge in [-0.05, 0) is 36.6 Å². The molecular weight excluding hydrogens is 356 g/mol. The summed E-state index contributed by atoms with van der Waals surface area (Å²) in [7, 11) is 0. The summed E-state index contributed by atoms with van der Waals surface area (Å²) in [5, 5.41) is 12.1. The minimum Gasteiger partial charge on any atom is -0.460 e. The van der Waals surface area contributed by atoms with E-state index in [0.29, 0.717) is 9.86 Å². The number of nitrogens with two attached hydrogens (primary N) is 1. The van der Waals surface area contributed by atoms with Crippen LogP contribution in [0.15, 0.2) is 28.7 Å². The third kappa shape index (κ3) is 2.77. The molecule has 0 heterocycles. The first kappa shape index (κ1) is 15.9. The average molecular weight is 367 g/mol. The van der Waals surface area contributed by atoms with Crippen molar-refractivity contribution in [3.8, 4) is 0 Å². The predicted octanol–water partition coefficient (Wildman–Crippen LogP) is 2.84. The second kappa shape index (κ2) is 6.10. The van der Waals surface area contributed by atoms with Crippen LogP contribution in [-0.2, 0) is 9.53 Å². The molecule has 2 rings (SSSR count). The van der Waals surface area contributed by atoms with Gasteiger partial charge >= 0.3 is 5.97 Å². The maximum atomic E-state index is 12.1. The van der Waals surface area contributed by atoms with Crippen LogP contribution in [0.2, 0.25) is 0 Å². The number of ketones is 1. The van der Waals surface area contributed by atoms with E-state index in [1.165, 1.54) is 19.1 Å². The van der Waals surface area contributed by atoms with Crippen LogP contribution in [0.3, 0.4) is 0 Å². The maximum Gasteiger partial charge on any atom is 0.380 e. The van der Waals surface area contributed by atoms with E-state index in [9.17, 15) is 19.7 Å². The molecule has 0 bridgehead atoms. The Morgan fingerprint density at radius 2 is 2.05 bits per heavy atom. The van der Waals surface area contributed by atoms with Crippen LogP contribution in [-0.4, -0.2) is 23.3 Å². The summed E-state index contributed by atoms with van der Waals surface area (Å²) in [6, 6.07) is 6.14. The van der Waals surface area contributed by atoms with Gasteiger partial charge in [-0.2, -0.15) is 0 Å². The van der Waals surface area contributed by atoms with Crippen molar-refractivity contribution in [2.75, 3.05) is 12.3 Å². The van der Waals surface area contributed by atoms with Gasteiger partial charge in [0.2, 0.25) is 0 Å². The van der Waals surface area contributed by atoms with Crippen molar-refractivity contribution >= 4 is 49.8 Å². The first-order valence-corrected chi connectivity index (χ1v) is 7.03. The summed E-state index contributed by atoms with van der Waals surface area (Å²) in [4.78, 5) is 34.4. The first-order chi connectivity index (χ1) is 10.4. The molecule has 0 aliphatic rings. The number of ether oxygens (including phenoxy) is 1. The third-order valence-corrected chi connectivity index (χ3v) is 3.47. The van der Waals surface area contributed by atoms with Crippen molar-refractivity contribution in [3.63, 3.8) is 0 Å². The number of nitro groups is 1. The molecule has 2 aromatic rings. The predicted molar refractivity (Wildman–Crippen MR) is 83.7 cm³/mol. The number of rotatable bonds is 4. The average Bonchev–Trinajstić information content (AvgIpc) is 2.44. The number of nitrogens with zero attached hydrogens (tertiary/aromatic N) is 1. The van der Waals surface area contributed by atoms with Gasteiger partial charge in [0.15, 0.2) is 0 Å². The minimum absolute atomic E-state index is 0.0151. The highest BCUT2D eigenvalue weighted by Gasteiger charge is 2.31. The molecule has 0 unspecified atom stereocenters. The molecule has 0 radical (unpaired) electrons. The van der Waals surface area contributed by atoms with Crippen molar-refractivity contribution in [2.24, 2.45) is 0 Å². The molecule has 0 saturated heterocycles. The molecule has 0 aliphatic carbocycles. The van der Waals surface area contributed by atoms with Crippen molar-refractivity contribution in [1.29, 1.82) is 0 Å². The Balaban J connectivity index is 2.78. The van der Waals surface area contributed by atoms with Gasteiger partial charge < -0.3 is 10.5 Å². The topological polar surface area (TPSA) is 113 Å². The summed E-state index contributed by atoms with van der Waals surface area (Å²) < 4.78 is 5.31. The highest BCUT2D eigenvalue weighted by atomic mass is 79.9.